The van der Waals surface area contributed by atoms with E-state index in [1.165, 1.54) is 12.1 Å². The lowest BCUT2D eigenvalue weighted by molar-refractivity contribution is -0.140. The maximum atomic E-state index is 13.7. The van der Waals surface area contributed by atoms with Gasteiger partial charge in [-0.3, -0.25) is 19.3 Å². The Kier molecular flexibility index (Phi) is 10.0. The van der Waals surface area contributed by atoms with Crippen molar-refractivity contribution in [1.29, 1.82) is 0 Å². The molecule has 2 saturated heterocycles. The summed E-state index contributed by atoms with van der Waals surface area (Å²) in [7, 11) is 0. The fourth-order valence-corrected chi connectivity index (χ4v) is 6.26. The topological polar surface area (TPSA) is 99.8 Å². The van der Waals surface area contributed by atoms with Gasteiger partial charge in [0.25, 0.3) is 0 Å². The number of amides is 3. The number of carbonyl (C=O) groups is 3. The van der Waals surface area contributed by atoms with Gasteiger partial charge in [0.2, 0.25) is 17.7 Å². The van der Waals surface area contributed by atoms with Crippen molar-refractivity contribution >= 4 is 17.7 Å². The Morgan fingerprint density at radius 3 is 2.52 bits per heavy atom. The van der Waals surface area contributed by atoms with Crippen LogP contribution in [-0.2, 0) is 32.1 Å². The van der Waals surface area contributed by atoms with Gasteiger partial charge in [-0.15, -0.1) is 0 Å². The number of halogens is 1. The van der Waals surface area contributed by atoms with Crippen LogP contribution in [0.4, 0.5) is 4.39 Å². The molecule has 3 heterocycles. The lowest BCUT2D eigenvalue weighted by Crippen LogP contribution is -2.58. The number of nitrogens with zero attached hydrogens (tertiary/aromatic N) is 1. The number of likely N-dealkylation sites (tertiary alicyclic amines) is 1. The zero-order valence-electron chi connectivity index (χ0n) is 24.0. The third-order valence-electron chi connectivity index (χ3n) is 8.87. The molecule has 0 radical (unpaired) electrons. The summed E-state index contributed by atoms with van der Waals surface area (Å²) in [6.45, 7) is 3.01. The Hall–Kier alpha value is -3.56. The Bertz CT molecular complexity index is 1250. The predicted octanol–water partition coefficient (Wildman–Crippen LogP) is 3.12. The summed E-state index contributed by atoms with van der Waals surface area (Å²) < 4.78 is 18.8. The second kappa shape index (κ2) is 14.1. The van der Waals surface area contributed by atoms with Gasteiger partial charge in [0.1, 0.15) is 11.9 Å². The summed E-state index contributed by atoms with van der Waals surface area (Å²) in [5.74, 6) is -0.507. The molecule has 0 aliphatic carbocycles. The molecule has 3 amide bonds. The van der Waals surface area contributed by atoms with E-state index in [0.29, 0.717) is 65.0 Å². The van der Waals surface area contributed by atoms with Crippen LogP contribution in [0.2, 0.25) is 0 Å². The number of carbonyl (C=O) groups excluding carboxylic acids is 3. The zero-order chi connectivity index (χ0) is 29.4. The highest BCUT2D eigenvalue weighted by atomic mass is 19.1. The molecule has 3 aliphatic heterocycles. The van der Waals surface area contributed by atoms with Crippen LogP contribution < -0.4 is 16.0 Å². The molecule has 3 atom stereocenters. The third-order valence-corrected chi connectivity index (χ3v) is 8.87. The van der Waals surface area contributed by atoms with E-state index in [9.17, 15) is 18.8 Å². The number of rotatable bonds is 6. The summed E-state index contributed by atoms with van der Waals surface area (Å²) in [4.78, 5) is 42.3. The van der Waals surface area contributed by atoms with Crippen molar-refractivity contribution in [3.63, 3.8) is 0 Å². The Morgan fingerprint density at radius 2 is 1.76 bits per heavy atom. The van der Waals surface area contributed by atoms with Crippen molar-refractivity contribution < 1.29 is 23.5 Å². The molecular formula is C33H41FN4O4. The number of benzene rings is 2. The van der Waals surface area contributed by atoms with Crippen molar-refractivity contribution in [3.05, 3.63) is 83.7 Å². The van der Waals surface area contributed by atoms with E-state index in [1.807, 2.05) is 30.3 Å². The lowest BCUT2D eigenvalue weighted by atomic mass is 9.75. The van der Waals surface area contributed by atoms with Crippen LogP contribution in [0.15, 0.2) is 66.7 Å². The molecule has 0 aromatic heterocycles. The van der Waals surface area contributed by atoms with Gasteiger partial charge < -0.3 is 20.7 Å². The number of hydrogen-bond acceptors (Lipinski definition) is 5. The van der Waals surface area contributed by atoms with Gasteiger partial charge >= 0.3 is 0 Å². The monoisotopic (exact) mass is 576 g/mol. The predicted molar refractivity (Wildman–Crippen MR) is 158 cm³/mol. The Labute approximate surface area is 247 Å². The second-order valence-corrected chi connectivity index (χ2v) is 11.8. The average Bonchev–Trinajstić information content (AvgIpc) is 3.00. The lowest BCUT2D eigenvalue weighted by Gasteiger charge is -2.40. The van der Waals surface area contributed by atoms with Crippen molar-refractivity contribution in [3.8, 4) is 0 Å². The molecule has 1 spiro atoms. The number of fused-ring (bicyclic) bond motifs is 1. The number of ether oxygens (including phenoxy) is 1. The standard InChI is InChI=1S/C33H41FN4O4/c34-27-11-9-25(10-12-27)21-35-30(39)23-38-17-13-28-26(22-38)8-4-5-14-33(15-18-42-19-16-33)32(41)37-29(31(40)36-28)20-24-6-2-1-3-7-24/h1-7,9-12,26,28-29H,8,13-23H2,(H,35,39)(H,36,40)(H,37,41)/b5-4+/t26-,28+,29-/m0/s1. The minimum atomic E-state index is -0.682. The van der Waals surface area contributed by atoms with Crippen molar-refractivity contribution in [2.75, 3.05) is 32.8 Å². The highest BCUT2D eigenvalue weighted by Crippen LogP contribution is 2.36. The molecule has 3 N–H and O–H groups in total. The van der Waals surface area contributed by atoms with Crippen molar-refractivity contribution in [2.24, 2.45) is 11.3 Å². The van der Waals surface area contributed by atoms with Crippen LogP contribution in [0.3, 0.4) is 0 Å². The molecule has 0 unspecified atom stereocenters. The van der Waals surface area contributed by atoms with Gasteiger partial charge in [0.15, 0.2) is 0 Å². The second-order valence-electron chi connectivity index (χ2n) is 11.8. The quantitative estimate of drug-likeness (QED) is 0.459. The Morgan fingerprint density at radius 1 is 1.00 bits per heavy atom. The minimum Gasteiger partial charge on any atom is -0.381 e. The van der Waals surface area contributed by atoms with Crippen LogP contribution in [-0.4, -0.2) is 67.6 Å². The van der Waals surface area contributed by atoms with Crippen LogP contribution in [0.25, 0.3) is 0 Å². The SMILES string of the molecule is O=C(CN1CC[C@H]2NC(=O)[C@H](Cc3ccccc3)NC(=O)C3(C/C=C/C[C@H]2C1)CCOCC3)NCc1ccc(F)cc1. The van der Waals surface area contributed by atoms with Crippen molar-refractivity contribution in [1.82, 2.24) is 20.9 Å². The molecule has 5 rings (SSSR count). The summed E-state index contributed by atoms with van der Waals surface area (Å²) in [6, 6.07) is 15.1. The average molecular weight is 577 g/mol. The van der Waals surface area contributed by atoms with E-state index in [4.69, 9.17) is 4.74 Å². The summed E-state index contributed by atoms with van der Waals surface area (Å²) >= 11 is 0. The smallest absolute Gasteiger partial charge is 0.243 e. The van der Waals surface area contributed by atoms with E-state index in [-0.39, 0.29) is 42.0 Å². The van der Waals surface area contributed by atoms with Crippen LogP contribution in [0.1, 0.15) is 43.2 Å². The number of nitrogens with one attached hydrogen (secondary N) is 3. The van der Waals surface area contributed by atoms with E-state index in [1.54, 1.807) is 12.1 Å². The normalized spacial score (nSPS) is 25.7. The summed E-state index contributed by atoms with van der Waals surface area (Å²) in [5.41, 5.74) is 1.24. The molecule has 8 nitrogen and oxygen atoms in total. The number of allylic oxidation sites excluding steroid dienone is 2. The largest absolute Gasteiger partial charge is 0.381 e. The molecule has 9 heteroatoms. The number of hydrogen-bond donors (Lipinski definition) is 3. The number of piperidine rings is 1. The van der Waals surface area contributed by atoms with Gasteiger partial charge in [0, 0.05) is 45.3 Å². The van der Waals surface area contributed by atoms with E-state index in [2.05, 4.69) is 33.0 Å². The fraction of sp³-hybridized carbons (Fsp3) is 0.485. The van der Waals surface area contributed by atoms with Gasteiger partial charge in [-0.05, 0) is 61.3 Å². The van der Waals surface area contributed by atoms with Gasteiger partial charge in [-0.25, -0.2) is 4.39 Å². The highest BCUT2D eigenvalue weighted by molar-refractivity contribution is 5.90. The highest BCUT2D eigenvalue weighted by Gasteiger charge is 2.41. The molecule has 0 saturated carbocycles. The van der Waals surface area contributed by atoms with E-state index < -0.39 is 11.5 Å². The third kappa shape index (κ3) is 7.83. The van der Waals surface area contributed by atoms with Crippen LogP contribution in [0, 0.1) is 17.2 Å². The first-order valence-corrected chi connectivity index (χ1v) is 15.0. The molecule has 3 aliphatic rings. The maximum absolute atomic E-state index is 13.7. The molecule has 2 aromatic rings. The van der Waals surface area contributed by atoms with E-state index in [0.717, 1.165) is 17.5 Å². The van der Waals surface area contributed by atoms with Crippen molar-refractivity contribution in [2.45, 2.75) is 57.2 Å². The van der Waals surface area contributed by atoms with Gasteiger partial charge in [-0.1, -0.05) is 54.6 Å². The molecular weight excluding hydrogens is 535 g/mol. The molecule has 2 aromatic carbocycles. The molecule has 224 valence electrons. The van der Waals surface area contributed by atoms with Gasteiger partial charge in [0.05, 0.1) is 12.0 Å². The molecule has 2 fully saturated rings. The first-order chi connectivity index (χ1) is 20.4. The molecule has 42 heavy (non-hydrogen) atoms. The first-order valence-electron chi connectivity index (χ1n) is 15.0. The van der Waals surface area contributed by atoms with Crippen LogP contribution >= 0.6 is 0 Å². The zero-order valence-corrected chi connectivity index (χ0v) is 24.0. The van der Waals surface area contributed by atoms with E-state index >= 15 is 0 Å². The first kappa shape index (κ1) is 29.9. The Balaban J connectivity index is 1.27. The minimum absolute atomic E-state index is 0.0627. The molecule has 0 bridgehead atoms. The van der Waals surface area contributed by atoms with Gasteiger partial charge in [-0.2, -0.15) is 0 Å². The summed E-state index contributed by atoms with van der Waals surface area (Å²) in [5, 5.41) is 9.33. The van der Waals surface area contributed by atoms with Crippen LogP contribution in [0.5, 0.6) is 0 Å². The maximum Gasteiger partial charge on any atom is 0.243 e. The fourth-order valence-electron chi connectivity index (χ4n) is 6.26. The summed E-state index contributed by atoms with van der Waals surface area (Å²) in [6.07, 6.45) is 7.97.